The molecule has 0 bridgehead atoms. The van der Waals surface area contributed by atoms with Crippen LogP contribution < -0.4 is 5.73 Å². The molecule has 1 aliphatic carbocycles. The van der Waals surface area contributed by atoms with Crippen LogP contribution in [-0.2, 0) is 16.1 Å². The first-order chi connectivity index (χ1) is 9.56. The van der Waals surface area contributed by atoms with E-state index < -0.39 is 17.7 Å². The summed E-state index contributed by atoms with van der Waals surface area (Å²) in [7, 11) is 1.42. The Balaban J connectivity index is 2.15. The Morgan fingerprint density at radius 2 is 2.20 bits per heavy atom. The van der Waals surface area contributed by atoms with Crippen molar-refractivity contribution < 1.29 is 18.3 Å². The number of nitrogens with zero attached hydrogens (tertiary/aromatic N) is 1. The highest BCUT2D eigenvalue weighted by molar-refractivity contribution is 5.81. The molecule has 1 amide bonds. The van der Waals surface area contributed by atoms with Crippen molar-refractivity contribution in [2.45, 2.75) is 31.5 Å². The summed E-state index contributed by atoms with van der Waals surface area (Å²) in [5.41, 5.74) is 5.78. The van der Waals surface area contributed by atoms with Crippen molar-refractivity contribution in [1.82, 2.24) is 4.90 Å². The number of hydrogen-bond donors (Lipinski definition) is 1. The zero-order valence-corrected chi connectivity index (χ0v) is 11.3. The van der Waals surface area contributed by atoms with Crippen LogP contribution >= 0.6 is 0 Å². The average Bonchev–Trinajstić information content (AvgIpc) is 3.23. The van der Waals surface area contributed by atoms with E-state index in [1.165, 1.54) is 19.2 Å². The predicted molar refractivity (Wildman–Crippen MR) is 69.8 cm³/mol. The van der Waals surface area contributed by atoms with Crippen molar-refractivity contribution in [2.24, 2.45) is 5.73 Å². The SMILES string of the molecule is COC(CN)C(=O)N(Cc1ccc(F)cc1F)C1CC1. The number of rotatable bonds is 6. The first-order valence-electron chi connectivity index (χ1n) is 6.54. The molecule has 1 atom stereocenters. The largest absolute Gasteiger partial charge is 0.370 e. The summed E-state index contributed by atoms with van der Waals surface area (Å²) in [5, 5.41) is 0. The second-order valence-corrected chi connectivity index (χ2v) is 4.89. The van der Waals surface area contributed by atoms with Crippen LogP contribution in [0.2, 0.25) is 0 Å². The number of methoxy groups -OCH3 is 1. The lowest BCUT2D eigenvalue weighted by Gasteiger charge is -2.26. The molecule has 1 unspecified atom stereocenters. The summed E-state index contributed by atoms with van der Waals surface area (Å²) in [5.74, 6) is -1.53. The second kappa shape index (κ2) is 6.28. The van der Waals surface area contributed by atoms with Crippen LogP contribution in [0, 0.1) is 11.6 Å². The maximum atomic E-state index is 13.7. The van der Waals surface area contributed by atoms with E-state index in [-0.39, 0.29) is 25.0 Å². The van der Waals surface area contributed by atoms with Crippen LogP contribution in [0.5, 0.6) is 0 Å². The molecule has 1 saturated carbocycles. The molecule has 2 rings (SSSR count). The van der Waals surface area contributed by atoms with Gasteiger partial charge in [0.05, 0.1) is 0 Å². The molecule has 1 aliphatic rings. The van der Waals surface area contributed by atoms with Crippen molar-refractivity contribution in [2.75, 3.05) is 13.7 Å². The number of halogens is 2. The zero-order valence-electron chi connectivity index (χ0n) is 11.3. The summed E-state index contributed by atoms with van der Waals surface area (Å²) < 4.78 is 31.6. The average molecular weight is 284 g/mol. The summed E-state index contributed by atoms with van der Waals surface area (Å²) >= 11 is 0. The third-order valence-electron chi connectivity index (χ3n) is 3.40. The minimum Gasteiger partial charge on any atom is -0.370 e. The van der Waals surface area contributed by atoms with Gasteiger partial charge < -0.3 is 15.4 Å². The molecular formula is C14H18F2N2O2. The fraction of sp³-hybridized carbons (Fsp3) is 0.500. The van der Waals surface area contributed by atoms with Gasteiger partial charge in [0.15, 0.2) is 0 Å². The molecule has 110 valence electrons. The van der Waals surface area contributed by atoms with E-state index in [4.69, 9.17) is 10.5 Å². The second-order valence-electron chi connectivity index (χ2n) is 4.89. The Kier molecular flexibility index (Phi) is 4.67. The van der Waals surface area contributed by atoms with E-state index in [0.29, 0.717) is 5.56 Å². The Morgan fingerprint density at radius 3 is 2.70 bits per heavy atom. The van der Waals surface area contributed by atoms with Crippen molar-refractivity contribution in [3.05, 3.63) is 35.4 Å². The molecule has 1 aromatic carbocycles. The maximum absolute atomic E-state index is 13.7. The number of amides is 1. The van der Waals surface area contributed by atoms with Crippen LogP contribution in [-0.4, -0.2) is 36.6 Å². The Morgan fingerprint density at radius 1 is 1.50 bits per heavy atom. The lowest BCUT2D eigenvalue weighted by atomic mass is 10.1. The van der Waals surface area contributed by atoms with Crippen molar-refractivity contribution in [1.29, 1.82) is 0 Å². The van der Waals surface area contributed by atoms with Crippen LogP contribution in [0.15, 0.2) is 18.2 Å². The van der Waals surface area contributed by atoms with Crippen LogP contribution in [0.4, 0.5) is 8.78 Å². The fourth-order valence-electron chi connectivity index (χ4n) is 2.09. The monoisotopic (exact) mass is 284 g/mol. The number of benzene rings is 1. The molecule has 0 saturated heterocycles. The number of carbonyl (C=O) groups excluding carboxylic acids is 1. The van der Waals surface area contributed by atoms with Crippen molar-refractivity contribution in [3.63, 3.8) is 0 Å². The lowest BCUT2D eigenvalue weighted by Crippen LogP contribution is -2.44. The van der Waals surface area contributed by atoms with Gasteiger partial charge in [0.1, 0.15) is 17.7 Å². The van der Waals surface area contributed by atoms with Gasteiger partial charge in [-0.3, -0.25) is 4.79 Å². The molecule has 0 heterocycles. The van der Waals surface area contributed by atoms with Gasteiger partial charge in [0.2, 0.25) is 0 Å². The summed E-state index contributed by atoms with van der Waals surface area (Å²) in [6.07, 6.45) is 1.05. The summed E-state index contributed by atoms with van der Waals surface area (Å²) in [6.45, 7) is 0.180. The Hall–Kier alpha value is -1.53. The van der Waals surface area contributed by atoms with Gasteiger partial charge in [-0.15, -0.1) is 0 Å². The number of nitrogens with two attached hydrogens (primary N) is 1. The molecule has 0 spiro atoms. The van der Waals surface area contributed by atoms with Gasteiger partial charge in [-0.25, -0.2) is 8.78 Å². The molecular weight excluding hydrogens is 266 g/mol. The molecule has 0 aromatic heterocycles. The topological polar surface area (TPSA) is 55.6 Å². The number of carbonyl (C=O) groups is 1. The highest BCUT2D eigenvalue weighted by Gasteiger charge is 2.35. The van der Waals surface area contributed by atoms with Crippen LogP contribution in [0.1, 0.15) is 18.4 Å². The normalized spacial score (nSPS) is 16.0. The van der Waals surface area contributed by atoms with Gasteiger partial charge >= 0.3 is 0 Å². The van der Waals surface area contributed by atoms with E-state index >= 15 is 0 Å². The minimum absolute atomic E-state index is 0.0739. The molecule has 0 radical (unpaired) electrons. The minimum atomic E-state index is -0.723. The van der Waals surface area contributed by atoms with Crippen molar-refractivity contribution >= 4 is 5.91 Å². The fourth-order valence-corrected chi connectivity index (χ4v) is 2.09. The van der Waals surface area contributed by atoms with E-state index in [1.807, 2.05) is 0 Å². The van der Waals surface area contributed by atoms with Gasteiger partial charge in [-0.1, -0.05) is 6.07 Å². The summed E-state index contributed by atoms with van der Waals surface area (Å²) in [6, 6.07) is 3.46. The smallest absolute Gasteiger partial charge is 0.253 e. The van der Waals surface area contributed by atoms with Gasteiger partial charge in [-0.2, -0.15) is 0 Å². The third kappa shape index (κ3) is 3.32. The standard InChI is InChI=1S/C14H18F2N2O2/c1-20-13(7-17)14(19)18(11-4-5-11)8-9-2-3-10(15)6-12(9)16/h2-3,6,11,13H,4-5,7-8,17H2,1H3. The predicted octanol–water partition coefficient (Wildman–Crippen LogP) is 1.43. The third-order valence-corrected chi connectivity index (χ3v) is 3.40. The molecule has 1 fully saturated rings. The molecule has 0 aliphatic heterocycles. The quantitative estimate of drug-likeness (QED) is 0.859. The number of hydrogen-bond acceptors (Lipinski definition) is 3. The van der Waals surface area contributed by atoms with E-state index in [1.54, 1.807) is 4.90 Å². The first kappa shape index (κ1) is 14.9. The first-order valence-corrected chi connectivity index (χ1v) is 6.54. The van der Waals surface area contributed by atoms with Crippen LogP contribution in [0.3, 0.4) is 0 Å². The summed E-state index contributed by atoms with van der Waals surface area (Å²) in [4.78, 5) is 13.9. The highest BCUT2D eigenvalue weighted by Crippen LogP contribution is 2.29. The van der Waals surface area contributed by atoms with Gasteiger partial charge in [-0.05, 0) is 18.9 Å². The van der Waals surface area contributed by atoms with Crippen molar-refractivity contribution in [3.8, 4) is 0 Å². The highest BCUT2D eigenvalue weighted by atomic mass is 19.1. The Labute approximate surface area is 116 Å². The molecule has 2 N–H and O–H groups in total. The van der Waals surface area contributed by atoms with E-state index in [0.717, 1.165) is 18.9 Å². The molecule has 4 nitrogen and oxygen atoms in total. The van der Waals surface area contributed by atoms with Crippen LogP contribution in [0.25, 0.3) is 0 Å². The van der Waals surface area contributed by atoms with E-state index in [9.17, 15) is 13.6 Å². The molecule has 1 aromatic rings. The zero-order chi connectivity index (χ0) is 14.7. The van der Waals surface area contributed by atoms with Gasteiger partial charge in [0.25, 0.3) is 5.91 Å². The van der Waals surface area contributed by atoms with Gasteiger partial charge in [0, 0.05) is 37.9 Å². The lowest BCUT2D eigenvalue weighted by molar-refractivity contribution is -0.142. The molecule has 6 heteroatoms. The maximum Gasteiger partial charge on any atom is 0.253 e. The van der Waals surface area contributed by atoms with E-state index in [2.05, 4.69) is 0 Å². The molecule has 20 heavy (non-hydrogen) atoms. The number of ether oxygens (including phenoxy) is 1. The Bertz CT molecular complexity index is 488.